The summed E-state index contributed by atoms with van der Waals surface area (Å²) >= 11 is 0. The highest BCUT2D eigenvalue weighted by molar-refractivity contribution is 7.80. The minimum atomic E-state index is -4.80. The third-order valence-electron chi connectivity index (χ3n) is 7.06. The first-order valence-corrected chi connectivity index (χ1v) is 14.1. The number of benzene rings is 4. The second-order valence-corrected chi connectivity index (χ2v) is 10.6. The van der Waals surface area contributed by atoms with Gasteiger partial charge in [-0.05, 0) is 22.3 Å². The molecule has 0 bridgehead atoms. The van der Waals surface area contributed by atoms with Gasteiger partial charge < -0.3 is 9.29 Å². The average molecular weight is 530 g/mol. The van der Waals surface area contributed by atoms with Crippen LogP contribution in [0.2, 0.25) is 0 Å². The van der Waals surface area contributed by atoms with Gasteiger partial charge in [-0.15, -0.1) is 0 Å². The molecule has 4 rings (SSSR count). The first kappa shape index (κ1) is 27.6. The molecular formula is C32H33O5S-. The molecule has 4 aromatic carbocycles. The molecule has 0 radical (unpaired) electrons. The standard InChI is InChI=1S/C32H34O5S/c1-23(26-13-7-4-8-14-26)29-21-30(24(2)27-15-9-5-10-16-27)32(36-19-20-37-38(33,34)35)31(22-29)25(3)28-17-11-6-12-18-28/h4-18,21-25H,19-20H2,1-3H3,(H,33,34,35)/p-1. The molecule has 0 amide bonds. The van der Waals surface area contributed by atoms with Gasteiger partial charge >= 0.3 is 0 Å². The normalized spacial score (nSPS) is 14.0. The molecule has 198 valence electrons. The van der Waals surface area contributed by atoms with Crippen LogP contribution in [0.3, 0.4) is 0 Å². The van der Waals surface area contributed by atoms with Gasteiger partial charge in [0.25, 0.3) is 0 Å². The highest BCUT2D eigenvalue weighted by Crippen LogP contribution is 2.42. The van der Waals surface area contributed by atoms with Crippen LogP contribution < -0.4 is 4.74 Å². The van der Waals surface area contributed by atoms with E-state index in [0.717, 1.165) is 27.8 Å². The van der Waals surface area contributed by atoms with Crippen molar-refractivity contribution in [2.24, 2.45) is 0 Å². The second-order valence-electron chi connectivity index (χ2n) is 9.50. The lowest BCUT2D eigenvalue weighted by Gasteiger charge is -2.26. The Kier molecular flexibility index (Phi) is 9.00. The molecule has 0 aliphatic rings. The lowest BCUT2D eigenvalue weighted by atomic mass is 9.81. The van der Waals surface area contributed by atoms with Crippen molar-refractivity contribution < 1.29 is 21.9 Å². The Bertz CT molecular complexity index is 1350. The smallest absolute Gasteiger partial charge is 0.217 e. The molecule has 38 heavy (non-hydrogen) atoms. The molecule has 0 N–H and O–H groups in total. The predicted molar refractivity (Wildman–Crippen MR) is 149 cm³/mol. The maximum atomic E-state index is 11.0. The van der Waals surface area contributed by atoms with Gasteiger partial charge in [-0.25, -0.2) is 8.42 Å². The molecular weight excluding hydrogens is 496 g/mol. The van der Waals surface area contributed by atoms with Gasteiger partial charge in [-0.2, -0.15) is 0 Å². The zero-order valence-electron chi connectivity index (χ0n) is 21.9. The zero-order chi connectivity index (χ0) is 27.1. The van der Waals surface area contributed by atoms with E-state index in [1.165, 1.54) is 5.56 Å². The Hall–Kier alpha value is -3.45. The fourth-order valence-corrected chi connectivity index (χ4v) is 5.09. The molecule has 5 nitrogen and oxygen atoms in total. The Morgan fingerprint density at radius 1 is 0.605 bits per heavy atom. The van der Waals surface area contributed by atoms with Gasteiger partial charge in [0.2, 0.25) is 10.4 Å². The summed E-state index contributed by atoms with van der Waals surface area (Å²) in [5, 5.41) is 0. The molecule has 3 atom stereocenters. The third kappa shape index (κ3) is 6.90. The Labute approximate surface area is 226 Å². The molecule has 0 aliphatic carbocycles. The Morgan fingerprint density at radius 3 is 1.39 bits per heavy atom. The fraction of sp³-hybridized carbons (Fsp3) is 0.250. The van der Waals surface area contributed by atoms with Crippen LogP contribution in [0.4, 0.5) is 0 Å². The summed E-state index contributed by atoms with van der Waals surface area (Å²) in [6, 6.07) is 35.2. The topological polar surface area (TPSA) is 75.7 Å². The van der Waals surface area contributed by atoms with E-state index >= 15 is 0 Å². The number of ether oxygens (including phenoxy) is 1. The second kappa shape index (κ2) is 12.4. The van der Waals surface area contributed by atoms with Crippen molar-refractivity contribution in [3.05, 3.63) is 137 Å². The van der Waals surface area contributed by atoms with E-state index in [1.807, 2.05) is 54.6 Å². The van der Waals surface area contributed by atoms with E-state index in [-0.39, 0.29) is 31.0 Å². The van der Waals surface area contributed by atoms with E-state index in [2.05, 4.69) is 73.5 Å². The molecule has 0 heterocycles. The first-order chi connectivity index (χ1) is 18.2. The largest absolute Gasteiger partial charge is 0.726 e. The maximum absolute atomic E-state index is 11.0. The van der Waals surface area contributed by atoms with Crippen LogP contribution in [0.15, 0.2) is 103 Å². The highest BCUT2D eigenvalue weighted by Gasteiger charge is 2.24. The van der Waals surface area contributed by atoms with Crippen LogP contribution in [-0.2, 0) is 14.6 Å². The number of rotatable bonds is 11. The Balaban J connectivity index is 1.86. The lowest BCUT2D eigenvalue weighted by Crippen LogP contribution is -2.15. The number of hydrogen-bond acceptors (Lipinski definition) is 5. The third-order valence-corrected chi connectivity index (χ3v) is 7.51. The van der Waals surface area contributed by atoms with Crippen LogP contribution in [0.25, 0.3) is 0 Å². The van der Waals surface area contributed by atoms with Gasteiger partial charge in [0.1, 0.15) is 12.4 Å². The number of hydrogen-bond donors (Lipinski definition) is 0. The average Bonchev–Trinajstić information content (AvgIpc) is 2.94. The molecule has 3 unspecified atom stereocenters. The van der Waals surface area contributed by atoms with Crippen molar-refractivity contribution in [2.45, 2.75) is 38.5 Å². The van der Waals surface area contributed by atoms with Crippen molar-refractivity contribution in [1.29, 1.82) is 0 Å². The maximum Gasteiger partial charge on any atom is 0.217 e. The molecule has 0 aromatic heterocycles. The van der Waals surface area contributed by atoms with E-state index in [9.17, 15) is 13.0 Å². The molecule has 4 aromatic rings. The minimum absolute atomic E-state index is 0.00000573. The summed E-state index contributed by atoms with van der Waals surface area (Å²) in [5.74, 6) is 0.830. The van der Waals surface area contributed by atoms with Crippen molar-refractivity contribution in [3.8, 4) is 5.75 Å². The molecule has 6 heteroatoms. The Morgan fingerprint density at radius 2 is 1.00 bits per heavy atom. The van der Waals surface area contributed by atoms with Gasteiger partial charge in [0, 0.05) is 28.9 Å². The van der Waals surface area contributed by atoms with Crippen LogP contribution >= 0.6 is 0 Å². The molecule has 0 saturated heterocycles. The monoisotopic (exact) mass is 529 g/mol. The summed E-state index contributed by atoms with van der Waals surface area (Å²) in [6.45, 7) is 6.06. The quantitative estimate of drug-likeness (QED) is 0.119. The van der Waals surface area contributed by atoms with E-state index in [0.29, 0.717) is 5.75 Å². The van der Waals surface area contributed by atoms with Crippen LogP contribution in [0.1, 0.15) is 71.9 Å². The molecule has 0 saturated carbocycles. The highest BCUT2D eigenvalue weighted by atomic mass is 32.3. The fourth-order valence-electron chi connectivity index (χ4n) is 4.82. The van der Waals surface area contributed by atoms with Crippen molar-refractivity contribution in [2.75, 3.05) is 13.2 Å². The summed E-state index contributed by atoms with van der Waals surface area (Å²) in [7, 11) is -4.80. The van der Waals surface area contributed by atoms with Gasteiger partial charge in [0.15, 0.2) is 0 Å². The lowest BCUT2D eigenvalue weighted by molar-refractivity contribution is 0.196. The summed E-state index contributed by atoms with van der Waals surface area (Å²) < 4.78 is 43.6. The minimum Gasteiger partial charge on any atom is -0.726 e. The van der Waals surface area contributed by atoms with Crippen LogP contribution in [-0.4, -0.2) is 26.2 Å². The summed E-state index contributed by atoms with van der Waals surface area (Å²) in [4.78, 5) is 0. The molecule has 0 spiro atoms. The first-order valence-electron chi connectivity index (χ1n) is 12.8. The zero-order valence-corrected chi connectivity index (χ0v) is 22.7. The van der Waals surface area contributed by atoms with Crippen LogP contribution in [0, 0.1) is 0 Å². The van der Waals surface area contributed by atoms with Gasteiger partial charge in [-0.3, -0.25) is 4.18 Å². The molecule has 0 fully saturated rings. The van der Waals surface area contributed by atoms with Gasteiger partial charge in [0.05, 0.1) is 6.61 Å². The van der Waals surface area contributed by atoms with Crippen molar-refractivity contribution in [1.82, 2.24) is 0 Å². The van der Waals surface area contributed by atoms with Gasteiger partial charge in [-0.1, -0.05) is 124 Å². The van der Waals surface area contributed by atoms with E-state index in [1.54, 1.807) is 0 Å². The van der Waals surface area contributed by atoms with E-state index in [4.69, 9.17) is 4.74 Å². The SMILES string of the molecule is CC(c1ccccc1)c1cc(C(C)c2ccccc2)c(OCCOS(=O)(=O)[O-])c(C(C)c2ccccc2)c1. The molecule has 0 aliphatic heterocycles. The van der Waals surface area contributed by atoms with Crippen LogP contribution in [0.5, 0.6) is 5.75 Å². The summed E-state index contributed by atoms with van der Waals surface area (Å²) in [5.41, 5.74) is 6.65. The van der Waals surface area contributed by atoms with E-state index < -0.39 is 10.4 Å². The predicted octanol–water partition coefficient (Wildman–Crippen LogP) is 7.00. The van der Waals surface area contributed by atoms with Crippen molar-refractivity contribution >= 4 is 10.4 Å². The van der Waals surface area contributed by atoms with Crippen molar-refractivity contribution in [3.63, 3.8) is 0 Å². The summed E-state index contributed by atoms with van der Waals surface area (Å²) in [6.07, 6.45) is 0.